The highest BCUT2D eigenvalue weighted by molar-refractivity contribution is 6.43. The van der Waals surface area contributed by atoms with Crippen LogP contribution < -0.4 is 15.0 Å². The Morgan fingerprint density at radius 3 is 2.81 bits per heavy atom. The smallest absolute Gasteiger partial charge is 0.268 e. The van der Waals surface area contributed by atoms with E-state index < -0.39 is 17.6 Å². The number of hydrogen-bond donors (Lipinski definition) is 2. The van der Waals surface area contributed by atoms with Gasteiger partial charge in [-0.25, -0.2) is 0 Å². The molecule has 1 saturated carbocycles. The minimum atomic E-state index is -0.942. The molecule has 8 nitrogen and oxygen atoms in total. The fraction of sp³-hybridized carbons (Fsp3) is 0.500. The second-order valence-electron chi connectivity index (χ2n) is 8.50. The predicted octanol–water partition coefficient (Wildman–Crippen LogP) is 2.18. The molecule has 8 heteroatoms. The number of anilines is 1. The molecule has 3 aliphatic rings. The number of nitrogens with zero attached hydrogens (tertiary/aromatic N) is 3. The highest BCUT2D eigenvalue weighted by Crippen LogP contribution is 2.32. The van der Waals surface area contributed by atoms with Gasteiger partial charge in [-0.15, -0.1) is 5.10 Å². The van der Waals surface area contributed by atoms with E-state index in [1.54, 1.807) is 19.2 Å². The van der Waals surface area contributed by atoms with E-state index >= 15 is 0 Å². The van der Waals surface area contributed by atoms with Crippen molar-refractivity contribution in [2.24, 2.45) is 10.2 Å². The van der Waals surface area contributed by atoms with Crippen LogP contribution in [0.15, 0.2) is 28.4 Å². The monoisotopic (exact) mass is 436 g/mol. The molecule has 0 unspecified atom stereocenters. The number of ether oxygens (including phenoxy) is 1. The van der Waals surface area contributed by atoms with Crippen LogP contribution in [-0.4, -0.2) is 53.6 Å². The number of benzene rings is 1. The zero-order chi connectivity index (χ0) is 22.7. The number of rotatable bonds is 3. The Bertz CT molecular complexity index is 1040. The molecule has 1 atom stereocenters. The maximum absolute atomic E-state index is 13.0. The minimum absolute atomic E-state index is 0.0153. The minimum Gasteiger partial charge on any atom is -0.489 e. The normalized spacial score (nSPS) is 21.9. The third-order valence-corrected chi connectivity index (χ3v) is 6.13. The van der Waals surface area contributed by atoms with Gasteiger partial charge in [-0.05, 0) is 50.3 Å². The Labute approximate surface area is 187 Å². The van der Waals surface area contributed by atoms with Crippen molar-refractivity contribution in [3.63, 3.8) is 0 Å². The summed E-state index contributed by atoms with van der Waals surface area (Å²) in [5, 5.41) is 21.3. The number of nitrogens with one attached hydrogen (secondary N) is 1. The van der Waals surface area contributed by atoms with Crippen molar-refractivity contribution < 1.29 is 19.4 Å². The van der Waals surface area contributed by atoms with Gasteiger partial charge in [0.2, 0.25) is 0 Å². The summed E-state index contributed by atoms with van der Waals surface area (Å²) in [6, 6.07) is 4.51. The fourth-order valence-corrected chi connectivity index (χ4v) is 4.09. The Balaban J connectivity index is 1.47. The van der Waals surface area contributed by atoms with Crippen LogP contribution in [0.3, 0.4) is 0 Å². The summed E-state index contributed by atoms with van der Waals surface area (Å²) in [5.41, 5.74) is 1.47. The van der Waals surface area contributed by atoms with Gasteiger partial charge in [0.25, 0.3) is 11.8 Å². The Morgan fingerprint density at radius 1 is 1.31 bits per heavy atom. The van der Waals surface area contributed by atoms with Gasteiger partial charge in [0, 0.05) is 24.7 Å². The van der Waals surface area contributed by atoms with Gasteiger partial charge in [-0.2, -0.15) is 5.10 Å². The van der Waals surface area contributed by atoms with Crippen LogP contribution in [0.5, 0.6) is 5.75 Å². The third-order valence-electron chi connectivity index (χ3n) is 6.13. The summed E-state index contributed by atoms with van der Waals surface area (Å²) >= 11 is 0. The maximum atomic E-state index is 13.0. The fourth-order valence-electron chi connectivity index (χ4n) is 4.09. The van der Waals surface area contributed by atoms with Crippen molar-refractivity contribution in [1.82, 2.24) is 5.32 Å². The Morgan fingerprint density at radius 2 is 2.09 bits per heavy atom. The van der Waals surface area contributed by atoms with E-state index in [4.69, 9.17) is 4.74 Å². The molecule has 2 aliphatic heterocycles. The quantitative estimate of drug-likeness (QED) is 0.709. The zero-order valence-electron chi connectivity index (χ0n) is 18.5. The molecule has 0 aromatic heterocycles. The van der Waals surface area contributed by atoms with E-state index in [1.807, 2.05) is 13.0 Å². The van der Waals surface area contributed by atoms with Crippen LogP contribution in [-0.2, 0) is 9.59 Å². The summed E-state index contributed by atoms with van der Waals surface area (Å²) < 4.78 is 5.83. The molecule has 4 rings (SSSR count). The maximum Gasteiger partial charge on any atom is 0.268 e. The van der Waals surface area contributed by atoms with Crippen LogP contribution in [0.1, 0.15) is 57.4 Å². The molecule has 0 saturated heterocycles. The van der Waals surface area contributed by atoms with E-state index in [0.29, 0.717) is 42.0 Å². The molecule has 1 aromatic carbocycles. The topological polar surface area (TPSA) is 104 Å². The van der Waals surface area contributed by atoms with Crippen molar-refractivity contribution in [2.45, 2.75) is 63.5 Å². The van der Waals surface area contributed by atoms with Crippen molar-refractivity contribution in [1.29, 1.82) is 0 Å². The van der Waals surface area contributed by atoms with Gasteiger partial charge in [-0.1, -0.05) is 25.2 Å². The Kier molecular flexibility index (Phi) is 6.28. The summed E-state index contributed by atoms with van der Waals surface area (Å²) in [6.45, 7) is 1.97. The van der Waals surface area contributed by atoms with Gasteiger partial charge in [0.1, 0.15) is 29.7 Å². The van der Waals surface area contributed by atoms with Crippen LogP contribution in [0.25, 0.3) is 0 Å². The second-order valence-corrected chi connectivity index (χ2v) is 8.50. The SMILES string of the molecule is CCC1=NN=C(C(=O)N[C@H]2COc3ccc(C#CC4(O)CCCCC4)cc3N(C)C2=O)C1. The van der Waals surface area contributed by atoms with E-state index in [-0.39, 0.29) is 12.5 Å². The summed E-state index contributed by atoms with van der Waals surface area (Å²) in [4.78, 5) is 27.1. The van der Waals surface area contributed by atoms with E-state index in [9.17, 15) is 14.7 Å². The molecular formula is C24H28N4O4. The second kappa shape index (κ2) is 9.13. The first-order valence-electron chi connectivity index (χ1n) is 11.1. The molecule has 1 aromatic rings. The molecule has 2 amide bonds. The van der Waals surface area contributed by atoms with Crippen LogP contribution >= 0.6 is 0 Å². The molecule has 0 spiro atoms. The van der Waals surface area contributed by atoms with Crippen molar-refractivity contribution in [3.05, 3.63) is 23.8 Å². The van der Waals surface area contributed by atoms with Gasteiger partial charge < -0.3 is 20.1 Å². The van der Waals surface area contributed by atoms with Gasteiger partial charge >= 0.3 is 0 Å². The van der Waals surface area contributed by atoms with E-state index in [1.165, 1.54) is 4.90 Å². The first-order chi connectivity index (χ1) is 15.4. The molecule has 2 heterocycles. The average molecular weight is 437 g/mol. The highest BCUT2D eigenvalue weighted by Gasteiger charge is 2.32. The molecular weight excluding hydrogens is 408 g/mol. The molecule has 168 valence electrons. The number of amides is 2. The Hall–Kier alpha value is -3.18. The number of hydrogen-bond acceptors (Lipinski definition) is 6. The van der Waals surface area contributed by atoms with Crippen LogP contribution in [0.4, 0.5) is 5.69 Å². The molecule has 2 N–H and O–H groups in total. The first kappa shape index (κ1) is 22.0. The van der Waals surface area contributed by atoms with E-state index in [2.05, 4.69) is 27.4 Å². The molecule has 0 radical (unpaired) electrons. The summed E-state index contributed by atoms with van der Waals surface area (Å²) in [7, 11) is 1.65. The van der Waals surface area contributed by atoms with E-state index in [0.717, 1.165) is 31.4 Å². The zero-order valence-corrected chi connectivity index (χ0v) is 18.5. The largest absolute Gasteiger partial charge is 0.489 e. The lowest BCUT2D eigenvalue weighted by Gasteiger charge is -2.26. The average Bonchev–Trinajstić information content (AvgIpc) is 3.26. The van der Waals surface area contributed by atoms with Gasteiger partial charge in [-0.3, -0.25) is 9.59 Å². The van der Waals surface area contributed by atoms with Crippen LogP contribution in [0, 0.1) is 11.8 Å². The lowest BCUT2D eigenvalue weighted by Crippen LogP contribution is -2.51. The number of aliphatic hydroxyl groups is 1. The highest BCUT2D eigenvalue weighted by atomic mass is 16.5. The predicted molar refractivity (Wildman–Crippen MR) is 122 cm³/mol. The van der Waals surface area contributed by atoms with Crippen molar-refractivity contribution >= 4 is 28.9 Å². The van der Waals surface area contributed by atoms with Crippen molar-refractivity contribution in [3.8, 4) is 17.6 Å². The lowest BCUT2D eigenvalue weighted by atomic mass is 9.85. The number of carbonyl (C=O) groups is 2. The molecule has 32 heavy (non-hydrogen) atoms. The molecule has 1 fully saturated rings. The van der Waals surface area contributed by atoms with Gasteiger partial charge in [0.05, 0.1) is 5.69 Å². The number of carbonyl (C=O) groups excluding carboxylic acids is 2. The first-order valence-corrected chi connectivity index (χ1v) is 11.1. The lowest BCUT2D eigenvalue weighted by molar-refractivity contribution is -0.124. The number of fused-ring (bicyclic) bond motifs is 1. The van der Waals surface area contributed by atoms with Gasteiger partial charge in [0.15, 0.2) is 0 Å². The molecule has 0 bridgehead atoms. The summed E-state index contributed by atoms with van der Waals surface area (Å²) in [5.74, 6) is 5.91. The molecule has 1 aliphatic carbocycles. The number of likely N-dealkylation sites (N-methyl/N-ethyl adjacent to an activating group) is 1. The summed E-state index contributed by atoms with van der Waals surface area (Å²) in [6.07, 6.45) is 5.58. The standard InChI is InChI=1S/C24H28N4O4/c1-3-17-14-18(27-26-17)22(29)25-19-15-32-21-8-7-16(13-20(21)28(2)23(19)30)9-12-24(31)10-5-4-6-11-24/h7-8,13,19,31H,3-6,10-11,14-15H2,1-2H3,(H,25,29)/t19-/m0/s1. The van der Waals surface area contributed by atoms with Crippen LogP contribution in [0.2, 0.25) is 0 Å². The third kappa shape index (κ3) is 4.68. The van der Waals surface area contributed by atoms with Crippen molar-refractivity contribution in [2.75, 3.05) is 18.6 Å².